The molecule has 0 atom stereocenters. The van der Waals surface area contributed by atoms with Crippen molar-refractivity contribution in [1.82, 2.24) is 15.2 Å². The number of aryl methyl sites for hydroxylation is 1. The summed E-state index contributed by atoms with van der Waals surface area (Å²) in [5.74, 6) is 0. The Morgan fingerprint density at radius 3 is 2.58 bits per heavy atom. The highest BCUT2D eigenvalue weighted by atomic mass is 32.1. The van der Waals surface area contributed by atoms with Crippen molar-refractivity contribution < 1.29 is 0 Å². The van der Waals surface area contributed by atoms with Crippen molar-refractivity contribution in [2.24, 2.45) is 0 Å². The molecule has 4 heteroatoms. The number of rotatable bonds is 3. The van der Waals surface area contributed by atoms with E-state index in [1.54, 1.807) is 11.3 Å². The van der Waals surface area contributed by atoms with Crippen molar-refractivity contribution in [3.8, 4) is 10.6 Å². The van der Waals surface area contributed by atoms with Crippen molar-refractivity contribution >= 4 is 11.3 Å². The standard InChI is InChI=1S/C15H19N3S/c1-12-11-19-15(17-12)14-4-2-13(3-5-14)10-18-8-6-16-7-9-18/h2-5,11,16H,6-10H2,1H3. The summed E-state index contributed by atoms with van der Waals surface area (Å²) < 4.78 is 0. The highest BCUT2D eigenvalue weighted by Crippen LogP contribution is 2.23. The van der Waals surface area contributed by atoms with Crippen molar-refractivity contribution in [3.63, 3.8) is 0 Å². The Bertz CT molecular complexity index is 527. The summed E-state index contributed by atoms with van der Waals surface area (Å²) in [4.78, 5) is 7.03. The molecule has 2 heterocycles. The lowest BCUT2D eigenvalue weighted by atomic mass is 10.1. The number of nitrogens with zero attached hydrogens (tertiary/aromatic N) is 2. The molecule has 1 aromatic heterocycles. The predicted octanol–water partition coefficient (Wildman–Crippen LogP) is 2.52. The molecule has 100 valence electrons. The number of benzene rings is 1. The molecular weight excluding hydrogens is 254 g/mol. The zero-order valence-electron chi connectivity index (χ0n) is 11.2. The maximum Gasteiger partial charge on any atom is 0.123 e. The SMILES string of the molecule is Cc1csc(-c2ccc(CN3CCNCC3)cc2)n1. The van der Waals surface area contributed by atoms with E-state index < -0.39 is 0 Å². The molecule has 19 heavy (non-hydrogen) atoms. The van der Waals surface area contributed by atoms with E-state index in [4.69, 9.17) is 0 Å². The molecule has 0 saturated carbocycles. The van der Waals surface area contributed by atoms with Gasteiger partial charge >= 0.3 is 0 Å². The third-order valence-electron chi connectivity index (χ3n) is 3.44. The second-order valence-electron chi connectivity index (χ2n) is 5.02. The first-order valence-electron chi connectivity index (χ1n) is 6.76. The van der Waals surface area contributed by atoms with Gasteiger partial charge in [0.15, 0.2) is 0 Å². The summed E-state index contributed by atoms with van der Waals surface area (Å²) in [6.07, 6.45) is 0. The number of hydrogen-bond donors (Lipinski definition) is 1. The molecule has 0 amide bonds. The Morgan fingerprint density at radius 1 is 1.21 bits per heavy atom. The summed E-state index contributed by atoms with van der Waals surface area (Å²) in [5.41, 5.74) is 3.71. The van der Waals surface area contributed by atoms with Crippen LogP contribution in [0.25, 0.3) is 10.6 Å². The highest BCUT2D eigenvalue weighted by molar-refractivity contribution is 7.13. The molecule has 3 rings (SSSR count). The fourth-order valence-electron chi connectivity index (χ4n) is 2.37. The predicted molar refractivity (Wildman–Crippen MR) is 80.4 cm³/mol. The minimum Gasteiger partial charge on any atom is -0.314 e. The normalized spacial score (nSPS) is 16.7. The number of nitrogens with one attached hydrogen (secondary N) is 1. The van der Waals surface area contributed by atoms with E-state index in [1.807, 2.05) is 6.92 Å². The molecule has 1 N–H and O–H groups in total. The van der Waals surface area contributed by atoms with Gasteiger partial charge in [0.05, 0.1) is 0 Å². The molecule has 2 aromatic rings. The largest absolute Gasteiger partial charge is 0.314 e. The zero-order valence-corrected chi connectivity index (χ0v) is 12.0. The van der Waals surface area contributed by atoms with Gasteiger partial charge in [-0.15, -0.1) is 11.3 Å². The van der Waals surface area contributed by atoms with Crippen LogP contribution in [0.15, 0.2) is 29.6 Å². The van der Waals surface area contributed by atoms with Gasteiger partial charge in [0.2, 0.25) is 0 Å². The molecule has 0 unspecified atom stereocenters. The second-order valence-corrected chi connectivity index (χ2v) is 5.88. The second kappa shape index (κ2) is 5.82. The van der Waals surface area contributed by atoms with Gasteiger partial charge in [-0.1, -0.05) is 24.3 Å². The third kappa shape index (κ3) is 3.21. The van der Waals surface area contributed by atoms with Crippen molar-refractivity contribution in [3.05, 3.63) is 40.9 Å². The summed E-state index contributed by atoms with van der Waals surface area (Å²) in [6.45, 7) is 7.60. The van der Waals surface area contributed by atoms with Gasteiger partial charge in [-0.05, 0) is 12.5 Å². The number of aromatic nitrogens is 1. The molecule has 0 radical (unpaired) electrons. The monoisotopic (exact) mass is 273 g/mol. The Labute approximate surface area is 118 Å². The zero-order chi connectivity index (χ0) is 13.1. The topological polar surface area (TPSA) is 28.2 Å². The summed E-state index contributed by atoms with van der Waals surface area (Å²) >= 11 is 1.71. The quantitative estimate of drug-likeness (QED) is 0.931. The van der Waals surface area contributed by atoms with Crippen LogP contribution in [-0.2, 0) is 6.54 Å². The Hall–Kier alpha value is -1.23. The molecule has 1 saturated heterocycles. The van der Waals surface area contributed by atoms with Gasteiger partial charge in [-0.2, -0.15) is 0 Å². The molecule has 0 spiro atoms. The first kappa shape index (κ1) is 12.8. The van der Waals surface area contributed by atoms with Crippen LogP contribution < -0.4 is 5.32 Å². The molecule has 3 nitrogen and oxygen atoms in total. The van der Waals surface area contributed by atoms with Crippen LogP contribution >= 0.6 is 11.3 Å². The highest BCUT2D eigenvalue weighted by Gasteiger charge is 2.10. The number of piperazine rings is 1. The van der Waals surface area contributed by atoms with Crippen LogP contribution in [0.1, 0.15) is 11.3 Å². The van der Waals surface area contributed by atoms with E-state index in [9.17, 15) is 0 Å². The van der Waals surface area contributed by atoms with Gasteiger partial charge in [0, 0.05) is 49.4 Å². The fourth-order valence-corrected chi connectivity index (χ4v) is 3.17. The molecule has 1 fully saturated rings. The summed E-state index contributed by atoms with van der Waals surface area (Å²) in [7, 11) is 0. The molecular formula is C15H19N3S. The first-order chi connectivity index (χ1) is 9.31. The van der Waals surface area contributed by atoms with Crippen molar-refractivity contribution in [2.75, 3.05) is 26.2 Å². The van der Waals surface area contributed by atoms with E-state index >= 15 is 0 Å². The van der Waals surface area contributed by atoms with E-state index in [0.717, 1.165) is 43.4 Å². The van der Waals surface area contributed by atoms with Crippen LogP contribution in [0.4, 0.5) is 0 Å². The maximum atomic E-state index is 4.53. The smallest absolute Gasteiger partial charge is 0.123 e. The number of thiazole rings is 1. The average molecular weight is 273 g/mol. The van der Waals surface area contributed by atoms with Gasteiger partial charge in [-0.25, -0.2) is 4.98 Å². The molecule has 0 aliphatic carbocycles. The maximum absolute atomic E-state index is 4.53. The molecule has 0 bridgehead atoms. The molecule has 1 aromatic carbocycles. The van der Waals surface area contributed by atoms with Crippen molar-refractivity contribution in [1.29, 1.82) is 0 Å². The minimum atomic E-state index is 1.05. The van der Waals surface area contributed by atoms with Crippen LogP contribution in [0.5, 0.6) is 0 Å². The molecule has 1 aliphatic heterocycles. The lowest BCUT2D eigenvalue weighted by molar-refractivity contribution is 0.233. The third-order valence-corrected chi connectivity index (χ3v) is 4.44. The van der Waals surface area contributed by atoms with Crippen LogP contribution in [0.3, 0.4) is 0 Å². The van der Waals surface area contributed by atoms with Crippen LogP contribution in [0, 0.1) is 6.92 Å². The van der Waals surface area contributed by atoms with E-state index in [2.05, 4.69) is 44.8 Å². The van der Waals surface area contributed by atoms with E-state index in [0.29, 0.717) is 0 Å². The Kier molecular flexibility index (Phi) is 3.92. The minimum absolute atomic E-state index is 1.05. The fraction of sp³-hybridized carbons (Fsp3) is 0.400. The summed E-state index contributed by atoms with van der Waals surface area (Å²) in [6, 6.07) is 8.84. The van der Waals surface area contributed by atoms with Crippen LogP contribution in [-0.4, -0.2) is 36.1 Å². The summed E-state index contributed by atoms with van der Waals surface area (Å²) in [5, 5.41) is 6.60. The van der Waals surface area contributed by atoms with Gasteiger partial charge in [0.1, 0.15) is 5.01 Å². The Balaban J connectivity index is 1.68. The van der Waals surface area contributed by atoms with Gasteiger partial charge in [0.25, 0.3) is 0 Å². The van der Waals surface area contributed by atoms with E-state index in [-0.39, 0.29) is 0 Å². The first-order valence-corrected chi connectivity index (χ1v) is 7.64. The van der Waals surface area contributed by atoms with Gasteiger partial charge in [-0.3, -0.25) is 4.90 Å². The lowest BCUT2D eigenvalue weighted by Crippen LogP contribution is -2.42. The van der Waals surface area contributed by atoms with E-state index in [1.165, 1.54) is 11.1 Å². The van der Waals surface area contributed by atoms with Crippen molar-refractivity contribution in [2.45, 2.75) is 13.5 Å². The average Bonchev–Trinajstić information content (AvgIpc) is 2.87. The molecule has 1 aliphatic rings. The van der Waals surface area contributed by atoms with Crippen LogP contribution in [0.2, 0.25) is 0 Å². The number of hydrogen-bond acceptors (Lipinski definition) is 4. The Morgan fingerprint density at radius 2 is 1.95 bits per heavy atom. The van der Waals surface area contributed by atoms with Gasteiger partial charge < -0.3 is 5.32 Å². The lowest BCUT2D eigenvalue weighted by Gasteiger charge is -2.27.